The van der Waals surface area contributed by atoms with E-state index in [0.29, 0.717) is 25.1 Å². The van der Waals surface area contributed by atoms with Gasteiger partial charge in [-0.25, -0.2) is 0 Å². The molecule has 0 bridgehead atoms. The standard InChI is InChI=1S/C14H17N3O2/c15-9-1-3-11-5-7-12(8-6-11)14(19)17-10-2-4-13(16)18/h5-8H,2,4,9-10,15H2,(H2,16,18)(H,17,19). The normalized spacial score (nSPS) is 9.32. The highest BCUT2D eigenvalue weighted by molar-refractivity contribution is 5.94. The minimum atomic E-state index is -0.364. The van der Waals surface area contributed by atoms with Crippen molar-refractivity contribution < 1.29 is 9.59 Å². The molecule has 0 aliphatic heterocycles. The predicted octanol–water partition coefficient (Wildman–Crippen LogP) is -0.00790. The topological polar surface area (TPSA) is 98.2 Å². The van der Waals surface area contributed by atoms with E-state index in [4.69, 9.17) is 11.5 Å². The molecule has 0 radical (unpaired) electrons. The highest BCUT2D eigenvalue weighted by Gasteiger charge is 2.04. The number of primary amides is 1. The number of nitrogens with one attached hydrogen (secondary N) is 1. The fourth-order valence-electron chi connectivity index (χ4n) is 1.42. The first kappa shape index (κ1) is 14.7. The van der Waals surface area contributed by atoms with Gasteiger partial charge < -0.3 is 16.8 Å². The van der Waals surface area contributed by atoms with Crippen LogP contribution in [-0.4, -0.2) is 24.9 Å². The van der Waals surface area contributed by atoms with Crippen LogP contribution in [0.5, 0.6) is 0 Å². The second-order valence-corrected chi connectivity index (χ2v) is 3.91. The molecule has 0 unspecified atom stereocenters. The van der Waals surface area contributed by atoms with Crippen molar-refractivity contribution in [2.45, 2.75) is 12.8 Å². The van der Waals surface area contributed by atoms with Crippen molar-refractivity contribution >= 4 is 11.8 Å². The number of hydrogen-bond donors (Lipinski definition) is 3. The first-order valence-electron chi connectivity index (χ1n) is 5.99. The summed E-state index contributed by atoms with van der Waals surface area (Å²) in [6, 6.07) is 6.93. The van der Waals surface area contributed by atoms with E-state index in [0.717, 1.165) is 5.56 Å². The Morgan fingerprint density at radius 2 is 1.89 bits per heavy atom. The monoisotopic (exact) mass is 259 g/mol. The van der Waals surface area contributed by atoms with Crippen LogP contribution in [0.4, 0.5) is 0 Å². The maximum absolute atomic E-state index is 11.7. The van der Waals surface area contributed by atoms with Crippen LogP contribution in [0.3, 0.4) is 0 Å². The van der Waals surface area contributed by atoms with Gasteiger partial charge in [-0.15, -0.1) is 0 Å². The molecule has 0 aliphatic rings. The van der Waals surface area contributed by atoms with E-state index in [1.165, 1.54) is 0 Å². The summed E-state index contributed by atoms with van der Waals surface area (Å²) >= 11 is 0. The molecule has 1 aromatic rings. The van der Waals surface area contributed by atoms with E-state index in [1.807, 2.05) is 0 Å². The molecule has 1 rings (SSSR count). The molecule has 2 amide bonds. The quantitative estimate of drug-likeness (QED) is 0.512. The molecule has 0 spiro atoms. The van der Waals surface area contributed by atoms with Gasteiger partial charge in [-0.05, 0) is 30.7 Å². The van der Waals surface area contributed by atoms with Gasteiger partial charge >= 0.3 is 0 Å². The summed E-state index contributed by atoms with van der Waals surface area (Å²) < 4.78 is 0. The highest BCUT2D eigenvalue weighted by atomic mass is 16.2. The number of carbonyl (C=O) groups is 2. The molecule has 0 fully saturated rings. The lowest BCUT2D eigenvalue weighted by molar-refractivity contribution is -0.118. The maximum atomic E-state index is 11.7. The SMILES string of the molecule is NCC#Cc1ccc(C(=O)NCCCC(N)=O)cc1. The van der Waals surface area contributed by atoms with E-state index >= 15 is 0 Å². The lowest BCUT2D eigenvalue weighted by Crippen LogP contribution is -2.25. The molecule has 0 aromatic heterocycles. The molecule has 0 aliphatic carbocycles. The summed E-state index contributed by atoms with van der Waals surface area (Å²) in [4.78, 5) is 22.3. The summed E-state index contributed by atoms with van der Waals surface area (Å²) in [7, 11) is 0. The van der Waals surface area contributed by atoms with Gasteiger partial charge in [-0.1, -0.05) is 11.8 Å². The molecular weight excluding hydrogens is 242 g/mol. The average Bonchev–Trinajstić information content (AvgIpc) is 2.41. The van der Waals surface area contributed by atoms with E-state index in [1.54, 1.807) is 24.3 Å². The van der Waals surface area contributed by atoms with Gasteiger partial charge in [-0.3, -0.25) is 9.59 Å². The third-order valence-corrected chi connectivity index (χ3v) is 2.37. The van der Waals surface area contributed by atoms with Gasteiger partial charge in [0.1, 0.15) is 0 Å². The Morgan fingerprint density at radius 3 is 2.47 bits per heavy atom. The summed E-state index contributed by atoms with van der Waals surface area (Å²) in [6.45, 7) is 0.735. The van der Waals surface area contributed by atoms with Crippen molar-refractivity contribution in [3.8, 4) is 11.8 Å². The fraction of sp³-hybridized carbons (Fsp3) is 0.286. The Bertz CT molecular complexity index is 498. The van der Waals surface area contributed by atoms with Crippen molar-refractivity contribution in [1.29, 1.82) is 0 Å². The molecule has 0 saturated carbocycles. The number of benzene rings is 1. The van der Waals surface area contributed by atoms with Gasteiger partial charge in [-0.2, -0.15) is 0 Å². The van der Waals surface area contributed by atoms with E-state index < -0.39 is 0 Å². The van der Waals surface area contributed by atoms with Crippen molar-refractivity contribution in [2.24, 2.45) is 11.5 Å². The van der Waals surface area contributed by atoms with E-state index in [-0.39, 0.29) is 18.2 Å². The predicted molar refractivity (Wildman–Crippen MR) is 73.1 cm³/mol. The highest BCUT2D eigenvalue weighted by Crippen LogP contribution is 2.03. The Hall–Kier alpha value is -2.32. The second-order valence-electron chi connectivity index (χ2n) is 3.91. The van der Waals surface area contributed by atoms with Crippen molar-refractivity contribution in [3.63, 3.8) is 0 Å². The minimum absolute atomic E-state index is 0.178. The van der Waals surface area contributed by atoms with Gasteiger partial charge in [0.25, 0.3) is 5.91 Å². The van der Waals surface area contributed by atoms with Crippen LogP contribution >= 0.6 is 0 Å². The van der Waals surface area contributed by atoms with Gasteiger partial charge in [0.15, 0.2) is 0 Å². The summed E-state index contributed by atoms with van der Waals surface area (Å²) in [5, 5.41) is 2.71. The molecule has 19 heavy (non-hydrogen) atoms. The summed E-state index contributed by atoms with van der Waals surface area (Å²) in [5.41, 5.74) is 11.6. The molecule has 0 saturated heterocycles. The zero-order valence-corrected chi connectivity index (χ0v) is 10.6. The largest absolute Gasteiger partial charge is 0.370 e. The summed E-state index contributed by atoms with van der Waals surface area (Å²) in [6.07, 6.45) is 0.815. The molecule has 5 nitrogen and oxygen atoms in total. The first-order valence-corrected chi connectivity index (χ1v) is 5.99. The van der Waals surface area contributed by atoms with Crippen LogP contribution < -0.4 is 16.8 Å². The van der Waals surface area contributed by atoms with Crippen molar-refractivity contribution in [3.05, 3.63) is 35.4 Å². The second kappa shape index (κ2) is 7.90. The minimum Gasteiger partial charge on any atom is -0.370 e. The molecule has 5 N–H and O–H groups in total. The lowest BCUT2D eigenvalue weighted by Gasteiger charge is -2.04. The summed E-state index contributed by atoms with van der Waals surface area (Å²) in [5.74, 6) is 5.07. The van der Waals surface area contributed by atoms with E-state index in [9.17, 15) is 9.59 Å². The van der Waals surface area contributed by atoms with Crippen LogP contribution in [0.25, 0.3) is 0 Å². The Kier molecular flexibility index (Phi) is 6.13. The first-order chi connectivity index (χ1) is 9.13. The Balaban J connectivity index is 2.46. The molecular formula is C14H17N3O2. The molecule has 100 valence electrons. The van der Waals surface area contributed by atoms with Crippen LogP contribution in [0.15, 0.2) is 24.3 Å². The fourth-order valence-corrected chi connectivity index (χ4v) is 1.42. The van der Waals surface area contributed by atoms with Crippen molar-refractivity contribution in [2.75, 3.05) is 13.1 Å². The zero-order valence-electron chi connectivity index (χ0n) is 10.6. The average molecular weight is 259 g/mol. The maximum Gasteiger partial charge on any atom is 0.251 e. The Labute approximate surface area is 112 Å². The van der Waals surface area contributed by atoms with Crippen LogP contribution in [0.1, 0.15) is 28.8 Å². The smallest absolute Gasteiger partial charge is 0.251 e. The van der Waals surface area contributed by atoms with Crippen LogP contribution in [0.2, 0.25) is 0 Å². The third-order valence-electron chi connectivity index (χ3n) is 2.37. The van der Waals surface area contributed by atoms with Crippen LogP contribution in [0, 0.1) is 11.8 Å². The van der Waals surface area contributed by atoms with E-state index in [2.05, 4.69) is 17.2 Å². The molecule has 0 heterocycles. The number of amides is 2. The number of nitrogens with two attached hydrogens (primary N) is 2. The number of rotatable bonds is 5. The van der Waals surface area contributed by atoms with Crippen LogP contribution in [-0.2, 0) is 4.79 Å². The number of carbonyl (C=O) groups excluding carboxylic acids is 2. The van der Waals surface area contributed by atoms with Crippen molar-refractivity contribution in [1.82, 2.24) is 5.32 Å². The number of hydrogen-bond acceptors (Lipinski definition) is 3. The molecule has 1 aromatic carbocycles. The molecule has 5 heteroatoms. The molecule has 0 atom stereocenters. The van der Waals surface area contributed by atoms with Gasteiger partial charge in [0.2, 0.25) is 5.91 Å². The third kappa shape index (κ3) is 5.70. The van der Waals surface area contributed by atoms with Gasteiger partial charge in [0, 0.05) is 24.1 Å². The van der Waals surface area contributed by atoms with Gasteiger partial charge in [0.05, 0.1) is 6.54 Å². The lowest BCUT2D eigenvalue weighted by atomic mass is 10.1. The Morgan fingerprint density at radius 1 is 1.21 bits per heavy atom. The zero-order chi connectivity index (χ0) is 14.1.